The minimum Gasteiger partial charge on any atom is -0.545 e. The molecule has 0 radical (unpaired) electrons. The smallest absolute Gasteiger partial charge is 0.196 e. The second kappa shape index (κ2) is 9.01. The molecule has 0 aliphatic heterocycles. The van der Waals surface area contributed by atoms with Crippen LogP contribution in [0, 0.1) is 0 Å². The number of nitrogens with zero attached hydrogens (tertiary/aromatic N) is 3. The first kappa shape index (κ1) is 21.8. The van der Waals surface area contributed by atoms with Gasteiger partial charge in [0.2, 0.25) is 0 Å². The van der Waals surface area contributed by atoms with Crippen LogP contribution in [0.2, 0.25) is 0 Å². The zero-order chi connectivity index (χ0) is 22.7. The minimum atomic E-state index is -1.17. The number of thioether (sulfide) groups is 1. The van der Waals surface area contributed by atoms with Gasteiger partial charge in [-0.3, -0.25) is 4.57 Å². The number of para-hydroxylation sites is 1. The highest BCUT2D eigenvalue weighted by molar-refractivity contribution is 7.98. The van der Waals surface area contributed by atoms with Crippen LogP contribution in [-0.4, -0.2) is 20.7 Å². The predicted molar refractivity (Wildman–Crippen MR) is 126 cm³/mol. The van der Waals surface area contributed by atoms with Crippen LogP contribution >= 0.6 is 11.8 Å². The number of hydrogen-bond acceptors (Lipinski definition) is 5. The summed E-state index contributed by atoms with van der Waals surface area (Å²) >= 11 is 1.56. The van der Waals surface area contributed by atoms with Crippen molar-refractivity contribution in [3.05, 3.63) is 95.6 Å². The molecule has 0 bridgehead atoms. The quantitative estimate of drug-likeness (QED) is 0.398. The molecule has 3 aromatic carbocycles. The number of rotatable bonds is 6. The van der Waals surface area contributed by atoms with E-state index in [9.17, 15) is 9.90 Å². The van der Waals surface area contributed by atoms with Crippen LogP contribution in [0.1, 0.15) is 42.3 Å². The standard InChI is InChI=1S/C26H25N3O2S/c1-26(2,3)21-15-13-19(14-16-21)23-27-28-25(29(23)22-7-5-4-6-8-22)32-17-18-9-11-20(12-10-18)24(30)31/h4-16H,17H2,1-3H3,(H,30,31)/p-1. The van der Waals surface area contributed by atoms with Gasteiger partial charge in [0.15, 0.2) is 11.0 Å². The van der Waals surface area contributed by atoms with Gasteiger partial charge in [0, 0.05) is 17.0 Å². The fraction of sp³-hybridized carbons (Fsp3) is 0.192. The van der Waals surface area contributed by atoms with Gasteiger partial charge in [-0.1, -0.05) is 99.3 Å². The Morgan fingerprint density at radius 2 is 1.56 bits per heavy atom. The SMILES string of the molecule is CC(C)(C)c1ccc(-c2nnc(SCc3ccc(C(=O)[O-])cc3)n2-c2ccccc2)cc1. The van der Waals surface area contributed by atoms with Crippen LogP contribution < -0.4 is 5.11 Å². The van der Waals surface area contributed by atoms with E-state index in [1.807, 2.05) is 30.3 Å². The maximum Gasteiger partial charge on any atom is 0.196 e. The van der Waals surface area contributed by atoms with Gasteiger partial charge >= 0.3 is 0 Å². The summed E-state index contributed by atoms with van der Waals surface area (Å²) in [6, 6.07) is 25.3. The lowest BCUT2D eigenvalue weighted by Gasteiger charge is -2.19. The van der Waals surface area contributed by atoms with E-state index in [1.165, 1.54) is 5.56 Å². The summed E-state index contributed by atoms with van der Waals surface area (Å²) in [7, 11) is 0. The first-order chi connectivity index (χ1) is 15.3. The molecule has 4 rings (SSSR count). The number of carboxylic acid groups (broad SMARTS) is 1. The van der Waals surface area contributed by atoms with Gasteiger partial charge in [-0.2, -0.15) is 0 Å². The number of carbonyl (C=O) groups excluding carboxylic acids is 1. The molecule has 32 heavy (non-hydrogen) atoms. The van der Waals surface area contributed by atoms with Crippen molar-refractivity contribution in [2.75, 3.05) is 0 Å². The van der Waals surface area contributed by atoms with Crippen molar-refractivity contribution < 1.29 is 9.90 Å². The largest absolute Gasteiger partial charge is 0.545 e. The fourth-order valence-electron chi connectivity index (χ4n) is 3.36. The Kier molecular flexibility index (Phi) is 6.15. The van der Waals surface area contributed by atoms with Crippen LogP contribution in [0.4, 0.5) is 0 Å². The summed E-state index contributed by atoms with van der Waals surface area (Å²) in [6.07, 6.45) is 0. The fourth-order valence-corrected chi connectivity index (χ4v) is 4.27. The van der Waals surface area contributed by atoms with Crippen LogP contribution in [0.25, 0.3) is 17.1 Å². The molecule has 0 aliphatic carbocycles. The van der Waals surface area contributed by atoms with E-state index in [1.54, 1.807) is 36.0 Å². The van der Waals surface area contributed by atoms with Crippen LogP contribution in [-0.2, 0) is 11.2 Å². The molecule has 1 aromatic heterocycles. The van der Waals surface area contributed by atoms with Crippen LogP contribution in [0.5, 0.6) is 0 Å². The monoisotopic (exact) mass is 442 g/mol. The van der Waals surface area contributed by atoms with E-state index in [2.05, 4.69) is 59.8 Å². The Labute approximate surface area is 192 Å². The van der Waals surface area contributed by atoms with Crippen molar-refractivity contribution in [3.63, 3.8) is 0 Å². The Morgan fingerprint density at radius 3 is 2.16 bits per heavy atom. The summed E-state index contributed by atoms with van der Waals surface area (Å²) in [5, 5.41) is 20.7. The number of benzene rings is 3. The number of hydrogen-bond donors (Lipinski definition) is 0. The molecule has 6 heteroatoms. The molecule has 5 nitrogen and oxygen atoms in total. The molecular weight excluding hydrogens is 418 g/mol. The van der Waals surface area contributed by atoms with Gasteiger partial charge in [-0.05, 0) is 34.2 Å². The van der Waals surface area contributed by atoms with E-state index in [0.29, 0.717) is 5.75 Å². The average molecular weight is 443 g/mol. The molecule has 0 fully saturated rings. The van der Waals surface area contributed by atoms with Crippen molar-refractivity contribution in [2.45, 2.75) is 37.1 Å². The van der Waals surface area contributed by atoms with Crippen LogP contribution in [0.15, 0.2) is 84.0 Å². The zero-order valence-corrected chi connectivity index (χ0v) is 19.1. The first-order valence-electron chi connectivity index (χ1n) is 10.4. The predicted octanol–water partition coefficient (Wildman–Crippen LogP) is 4.89. The Morgan fingerprint density at radius 1 is 0.906 bits per heavy atom. The number of aromatic carboxylic acids is 1. The Hall–Kier alpha value is -3.38. The number of carboxylic acids is 1. The number of aromatic nitrogens is 3. The van der Waals surface area contributed by atoms with Crippen molar-refractivity contribution in [2.24, 2.45) is 0 Å². The van der Waals surface area contributed by atoms with Gasteiger partial charge in [-0.15, -0.1) is 10.2 Å². The molecular formula is C26H24N3O2S-. The lowest BCUT2D eigenvalue weighted by Crippen LogP contribution is -2.21. The third-order valence-corrected chi connectivity index (χ3v) is 6.21. The highest BCUT2D eigenvalue weighted by Crippen LogP contribution is 2.31. The molecule has 162 valence electrons. The first-order valence-corrected chi connectivity index (χ1v) is 11.4. The van der Waals surface area contributed by atoms with Gasteiger partial charge in [0.1, 0.15) is 0 Å². The van der Waals surface area contributed by atoms with Crippen molar-refractivity contribution in [1.29, 1.82) is 0 Å². The van der Waals surface area contributed by atoms with Gasteiger partial charge < -0.3 is 9.90 Å². The number of carbonyl (C=O) groups is 1. The lowest BCUT2D eigenvalue weighted by atomic mass is 9.87. The van der Waals surface area contributed by atoms with E-state index < -0.39 is 5.97 Å². The molecule has 4 aromatic rings. The highest BCUT2D eigenvalue weighted by atomic mass is 32.2. The summed E-state index contributed by atoms with van der Waals surface area (Å²) < 4.78 is 2.06. The molecule has 0 aliphatic rings. The summed E-state index contributed by atoms with van der Waals surface area (Å²) in [6.45, 7) is 6.59. The van der Waals surface area contributed by atoms with E-state index in [0.717, 1.165) is 27.8 Å². The highest BCUT2D eigenvalue weighted by Gasteiger charge is 2.18. The normalized spacial score (nSPS) is 11.5. The molecule has 0 N–H and O–H groups in total. The van der Waals surface area contributed by atoms with Crippen molar-refractivity contribution in [3.8, 4) is 17.1 Å². The van der Waals surface area contributed by atoms with Crippen molar-refractivity contribution in [1.82, 2.24) is 14.8 Å². The Bertz CT molecular complexity index is 1210. The third-order valence-electron chi connectivity index (χ3n) is 5.21. The average Bonchev–Trinajstić information content (AvgIpc) is 3.22. The van der Waals surface area contributed by atoms with E-state index >= 15 is 0 Å². The zero-order valence-electron chi connectivity index (χ0n) is 18.3. The lowest BCUT2D eigenvalue weighted by molar-refractivity contribution is -0.255. The molecule has 0 saturated carbocycles. The third kappa shape index (κ3) is 4.75. The summed E-state index contributed by atoms with van der Waals surface area (Å²) in [4.78, 5) is 11.0. The second-order valence-electron chi connectivity index (χ2n) is 8.58. The van der Waals surface area contributed by atoms with E-state index in [4.69, 9.17) is 0 Å². The van der Waals surface area contributed by atoms with Gasteiger partial charge in [0.25, 0.3) is 0 Å². The summed E-state index contributed by atoms with van der Waals surface area (Å²) in [5.41, 5.74) is 4.51. The Balaban J connectivity index is 1.66. The van der Waals surface area contributed by atoms with Gasteiger partial charge in [-0.25, -0.2) is 0 Å². The van der Waals surface area contributed by atoms with Crippen LogP contribution in [0.3, 0.4) is 0 Å². The molecule has 0 spiro atoms. The molecule has 0 unspecified atom stereocenters. The topological polar surface area (TPSA) is 70.8 Å². The minimum absolute atomic E-state index is 0.0822. The molecule has 0 amide bonds. The molecule has 0 saturated heterocycles. The maximum absolute atomic E-state index is 11.0. The van der Waals surface area contributed by atoms with Crippen molar-refractivity contribution >= 4 is 17.7 Å². The van der Waals surface area contributed by atoms with E-state index in [-0.39, 0.29) is 11.0 Å². The summed E-state index contributed by atoms with van der Waals surface area (Å²) in [5.74, 6) is 0.253. The van der Waals surface area contributed by atoms with Gasteiger partial charge in [0.05, 0.1) is 5.97 Å². The molecule has 0 atom stereocenters. The molecule has 1 heterocycles. The second-order valence-corrected chi connectivity index (χ2v) is 9.52. The maximum atomic E-state index is 11.0.